The van der Waals surface area contributed by atoms with Gasteiger partial charge in [-0.05, 0) is 37.8 Å². The van der Waals surface area contributed by atoms with Crippen molar-refractivity contribution in [3.63, 3.8) is 0 Å². The Morgan fingerprint density at radius 2 is 2.06 bits per heavy atom. The minimum Gasteiger partial charge on any atom is -0.444 e. The number of anilines is 1. The first-order valence-electron chi connectivity index (χ1n) is 5.74. The van der Waals surface area contributed by atoms with Gasteiger partial charge in [-0.15, -0.1) is 0 Å². The molecule has 1 radical (unpaired) electrons. The molecule has 1 aliphatic heterocycles. The second-order valence-electron chi connectivity index (χ2n) is 4.28. The lowest BCUT2D eigenvalue weighted by atomic mass is 9.92. The van der Waals surface area contributed by atoms with Gasteiger partial charge >= 0.3 is 6.09 Å². The van der Waals surface area contributed by atoms with Crippen LogP contribution in [0.5, 0.6) is 0 Å². The van der Waals surface area contributed by atoms with Crippen LogP contribution in [0.15, 0.2) is 30.3 Å². The van der Waals surface area contributed by atoms with Gasteiger partial charge in [0.05, 0.1) is 6.04 Å². The summed E-state index contributed by atoms with van der Waals surface area (Å²) in [5.74, 6) is 0. The molecule has 1 heterocycles. The number of fused-ring (bicyclic) bond motifs is 1. The molecular formula is C13H14NO2. The predicted octanol–water partition coefficient (Wildman–Crippen LogP) is 2.77. The van der Waals surface area contributed by atoms with Crippen molar-refractivity contribution in [3.8, 4) is 0 Å². The summed E-state index contributed by atoms with van der Waals surface area (Å²) in [5.41, 5.74) is 0.929. The van der Waals surface area contributed by atoms with Crippen LogP contribution in [0.3, 0.4) is 0 Å². The first-order chi connectivity index (χ1) is 7.86. The largest absolute Gasteiger partial charge is 0.444 e. The van der Waals surface area contributed by atoms with Crippen LogP contribution in [-0.4, -0.2) is 18.2 Å². The maximum absolute atomic E-state index is 11.8. The fourth-order valence-corrected chi connectivity index (χ4v) is 2.50. The minimum atomic E-state index is -0.209. The van der Waals surface area contributed by atoms with Crippen molar-refractivity contribution in [2.45, 2.75) is 31.4 Å². The van der Waals surface area contributed by atoms with E-state index in [4.69, 9.17) is 4.74 Å². The lowest BCUT2D eigenvalue weighted by molar-refractivity contribution is 0.122. The second-order valence-corrected chi connectivity index (χ2v) is 4.28. The number of carbonyl (C=O) groups is 1. The van der Waals surface area contributed by atoms with Crippen molar-refractivity contribution in [1.29, 1.82) is 0 Å². The van der Waals surface area contributed by atoms with Gasteiger partial charge in [-0.2, -0.15) is 0 Å². The Morgan fingerprint density at radius 3 is 2.88 bits per heavy atom. The van der Waals surface area contributed by atoms with Crippen molar-refractivity contribution in [1.82, 2.24) is 0 Å². The maximum Gasteiger partial charge on any atom is 0.415 e. The highest BCUT2D eigenvalue weighted by atomic mass is 16.6. The second kappa shape index (κ2) is 3.81. The Bertz CT molecular complexity index is 390. The van der Waals surface area contributed by atoms with E-state index in [0.717, 1.165) is 24.9 Å². The molecule has 1 aromatic rings. The minimum absolute atomic E-state index is 0.0569. The van der Waals surface area contributed by atoms with Crippen LogP contribution in [0.4, 0.5) is 10.5 Å². The highest BCUT2D eigenvalue weighted by molar-refractivity contribution is 5.91. The molecule has 16 heavy (non-hydrogen) atoms. The van der Waals surface area contributed by atoms with E-state index in [0.29, 0.717) is 0 Å². The zero-order valence-electron chi connectivity index (χ0n) is 9.00. The van der Waals surface area contributed by atoms with Crippen molar-refractivity contribution < 1.29 is 9.53 Å². The fraction of sp³-hybridized carbons (Fsp3) is 0.385. The van der Waals surface area contributed by atoms with Gasteiger partial charge in [0.1, 0.15) is 6.10 Å². The molecule has 1 unspecified atom stereocenters. The Hall–Kier alpha value is -1.51. The van der Waals surface area contributed by atoms with Crippen LogP contribution in [0.1, 0.15) is 19.3 Å². The molecule has 1 amide bonds. The van der Waals surface area contributed by atoms with Crippen LogP contribution in [0, 0.1) is 6.42 Å². The highest BCUT2D eigenvalue weighted by Crippen LogP contribution is 2.34. The average Bonchev–Trinajstić information content (AvgIpc) is 2.66. The summed E-state index contributed by atoms with van der Waals surface area (Å²) >= 11 is 0. The molecule has 0 spiro atoms. The van der Waals surface area contributed by atoms with Gasteiger partial charge in [0, 0.05) is 5.69 Å². The van der Waals surface area contributed by atoms with Crippen LogP contribution in [0.25, 0.3) is 0 Å². The Kier molecular flexibility index (Phi) is 2.31. The standard InChI is InChI=1S/C13H14NO2/c15-13-14(10-6-2-1-3-7-10)11-8-4-5-9-12(11)16-13/h1-3,6-8,11-12H,4-5,9H2/t11?,12-/m1/s1. The summed E-state index contributed by atoms with van der Waals surface area (Å²) in [6.45, 7) is 0. The molecule has 1 aromatic carbocycles. The summed E-state index contributed by atoms with van der Waals surface area (Å²) in [4.78, 5) is 13.6. The van der Waals surface area contributed by atoms with Gasteiger partial charge in [-0.3, -0.25) is 4.90 Å². The summed E-state index contributed by atoms with van der Waals surface area (Å²) in [5, 5.41) is 0. The van der Waals surface area contributed by atoms with Crippen molar-refractivity contribution in [3.05, 3.63) is 36.8 Å². The summed E-state index contributed by atoms with van der Waals surface area (Å²) < 4.78 is 5.39. The predicted molar refractivity (Wildman–Crippen MR) is 61.1 cm³/mol. The number of para-hydroxylation sites is 1. The lowest BCUT2D eigenvalue weighted by Gasteiger charge is -2.27. The molecule has 0 bridgehead atoms. The summed E-state index contributed by atoms with van der Waals surface area (Å²) in [6.07, 6.45) is 5.22. The molecule has 83 valence electrons. The zero-order chi connectivity index (χ0) is 11.0. The normalized spacial score (nSPS) is 28.8. The van der Waals surface area contributed by atoms with Gasteiger partial charge in [0.15, 0.2) is 0 Å². The quantitative estimate of drug-likeness (QED) is 0.722. The number of hydrogen-bond acceptors (Lipinski definition) is 2. The third kappa shape index (κ3) is 1.47. The van der Waals surface area contributed by atoms with Gasteiger partial charge in [0.25, 0.3) is 0 Å². The number of nitrogens with zero attached hydrogens (tertiary/aromatic N) is 1. The summed E-state index contributed by atoms with van der Waals surface area (Å²) in [7, 11) is 0. The van der Waals surface area contributed by atoms with Gasteiger partial charge in [-0.1, -0.05) is 18.2 Å². The highest BCUT2D eigenvalue weighted by Gasteiger charge is 2.43. The summed E-state index contributed by atoms with van der Waals surface area (Å²) in [6, 6.07) is 9.87. The van der Waals surface area contributed by atoms with E-state index in [9.17, 15) is 4.79 Å². The molecular weight excluding hydrogens is 202 g/mol. The van der Waals surface area contributed by atoms with Crippen molar-refractivity contribution in [2.75, 3.05) is 4.90 Å². The number of hydrogen-bond donors (Lipinski definition) is 0. The molecule has 0 N–H and O–H groups in total. The SMILES string of the molecule is O=C1O[C@@H]2CCC[CH]C2N1c1ccccc1. The van der Waals surface area contributed by atoms with Crippen LogP contribution in [-0.2, 0) is 4.74 Å². The van der Waals surface area contributed by atoms with Crippen molar-refractivity contribution in [2.24, 2.45) is 0 Å². The molecule has 3 heteroatoms. The van der Waals surface area contributed by atoms with E-state index in [1.54, 1.807) is 4.90 Å². The van der Waals surface area contributed by atoms with E-state index in [2.05, 4.69) is 6.42 Å². The van der Waals surface area contributed by atoms with E-state index in [1.165, 1.54) is 0 Å². The molecule has 3 rings (SSSR count). The Balaban J connectivity index is 1.91. The molecule has 2 atom stereocenters. The monoisotopic (exact) mass is 216 g/mol. The number of ether oxygens (including phenoxy) is 1. The number of rotatable bonds is 1. The number of carbonyl (C=O) groups excluding carboxylic acids is 1. The number of amides is 1. The van der Waals surface area contributed by atoms with Crippen LogP contribution >= 0.6 is 0 Å². The van der Waals surface area contributed by atoms with E-state index in [-0.39, 0.29) is 18.2 Å². The maximum atomic E-state index is 11.8. The first kappa shape index (κ1) is 9.70. The molecule has 0 aromatic heterocycles. The van der Waals surface area contributed by atoms with Crippen molar-refractivity contribution >= 4 is 11.8 Å². The zero-order valence-corrected chi connectivity index (χ0v) is 9.00. The average molecular weight is 216 g/mol. The molecule has 1 aliphatic carbocycles. The van der Waals surface area contributed by atoms with E-state index >= 15 is 0 Å². The van der Waals surface area contributed by atoms with Crippen LogP contribution in [0.2, 0.25) is 0 Å². The third-order valence-electron chi connectivity index (χ3n) is 3.26. The lowest BCUT2D eigenvalue weighted by Crippen LogP contribution is -2.38. The first-order valence-corrected chi connectivity index (χ1v) is 5.74. The van der Waals surface area contributed by atoms with Gasteiger partial charge < -0.3 is 4.74 Å². The Morgan fingerprint density at radius 1 is 1.25 bits per heavy atom. The Labute approximate surface area is 95.0 Å². The third-order valence-corrected chi connectivity index (χ3v) is 3.26. The smallest absolute Gasteiger partial charge is 0.415 e. The van der Waals surface area contributed by atoms with Gasteiger partial charge in [0.2, 0.25) is 0 Å². The fourth-order valence-electron chi connectivity index (χ4n) is 2.50. The molecule has 3 nitrogen and oxygen atoms in total. The van der Waals surface area contributed by atoms with E-state index in [1.807, 2.05) is 30.3 Å². The number of benzene rings is 1. The molecule has 2 aliphatic rings. The topological polar surface area (TPSA) is 29.5 Å². The van der Waals surface area contributed by atoms with Gasteiger partial charge in [-0.25, -0.2) is 4.79 Å². The van der Waals surface area contributed by atoms with Crippen LogP contribution < -0.4 is 4.90 Å². The van der Waals surface area contributed by atoms with E-state index < -0.39 is 0 Å². The molecule has 1 saturated heterocycles. The molecule has 2 fully saturated rings. The molecule has 1 saturated carbocycles.